The number of aryl methyl sites for hydroxylation is 2. The molecule has 1 aliphatic rings. The van der Waals surface area contributed by atoms with Crippen LogP contribution in [0, 0.1) is 13.8 Å². The lowest BCUT2D eigenvalue weighted by atomic mass is 10.1. The van der Waals surface area contributed by atoms with Crippen LogP contribution in [0.4, 0.5) is 24.5 Å². The fourth-order valence-corrected chi connectivity index (χ4v) is 4.04. The number of halogens is 4. The number of quaternary nitrogens is 1. The number of anilines is 2. The summed E-state index contributed by atoms with van der Waals surface area (Å²) >= 11 is 11.2. The third-order valence-corrected chi connectivity index (χ3v) is 6.05. The molecule has 0 radical (unpaired) electrons. The number of nitrogens with zero attached hydrogens (tertiary/aromatic N) is 1. The summed E-state index contributed by atoms with van der Waals surface area (Å²) < 4.78 is 39.0. The van der Waals surface area contributed by atoms with Gasteiger partial charge in [0.2, 0.25) is 0 Å². The predicted molar refractivity (Wildman–Crippen MR) is 124 cm³/mol. The third kappa shape index (κ3) is 6.34. The van der Waals surface area contributed by atoms with E-state index in [2.05, 4.69) is 21.6 Å². The van der Waals surface area contributed by atoms with Crippen molar-refractivity contribution in [3.8, 4) is 0 Å². The second-order valence-corrected chi connectivity index (χ2v) is 8.70. The van der Waals surface area contributed by atoms with Crippen molar-refractivity contribution < 1.29 is 22.9 Å². The summed E-state index contributed by atoms with van der Waals surface area (Å²) in [5.41, 5.74) is 2.33. The van der Waals surface area contributed by atoms with Gasteiger partial charge in [0.25, 0.3) is 5.91 Å². The Kier molecular flexibility index (Phi) is 7.63. The van der Waals surface area contributed by atoms with Gasteiger partial charge in [-0.3, -0.25) is 4.79 Å². The monoisotopic (exact) mass is 485 g/mol. The fraction of sp³-hybridized carbons (Fsp3) is 0.364. The van der Waals surface area contributed by atoms with Gasteiger partial charge in [-0.25, -0.2) is 0 Å². The first kappa shape index (κ1) is 24.3. The van der Waals surface area contributed by atoms with Crippen LogP contribution < -0.4 is 15.5 Å². The van der Waals surface area contributed by atoms with E-state index in [4.69, 9.17) is 23.8 Å². The molecule has 172 valence electrons. The van der Waals surface area contributed by atoms with Crippen LogP contribution in [-0.4, -0.2) is 48.6 Å². The summed E-state index contributed by atoms with van der Waals surface area (Å²) in [7, 11) is 0. The number of carbonyl (C=O) groups excluding carboxylic acids is 1. The van der Waals surface area contributed by atoms with Crippen LogP contribution in [0.15, 0.2) is 36.4 Å². The summed E-state index contributed by atoms with van der Waals surface area (Å²) in [5.74, 6) is -0.347. The molecule has 1 aliphatic heterocycles. The van der Waals surface area contributed by atoms with Crippen LogP contribution in [-0.2, 0) is 11.0 Å². The minimum absolute atomic E-state index is 0.0728. The molecule has 10 heteroatoms. The zero-order valence-electron chi connectivity index (χ0n) is 17.8. The van der Waals surface area contributed by atoms with Crippen molar-refractivity contribution in [1.29, 1.82) is 0 Å². The van der Waals surface area contributed by atoms with Crippen molar-refractivity contribution in [2.24, 2.45) is 0 Å². The van der Waals surface area contributed by atoms with Crippen LogP contribution in [0.3, 0.4) is 0 Å². The van der Waals surface area contributed by atoms with E-state index in [0.717, 1.165) is 33.8 Å². The van der Waals surface area contributed by atoms with Crippen LogP contribution in [0.2, 0.25) is 5.02 Å². The third-order valence-electron chi connectivity index (χ3n) is 5.36. The van der Waals surface area contributed by atoms with Gasteiger partial charge in [-0.15, -0.1) is 0 Å². The zero-order chi connectivity index (χ0) is 23.5. The number of thiocarbonyl (C=S) groups is 1. The van der Waals surface area contributed by atoms with E-state index in [9.17, 15) is 18.0 Å². The molecule has 2 aromatic carbocycles. The lowest BCUT2D eigenvalue weighted by molar-refractivity contribution is -0.895. The number of carbonyl (C=O) groups is 1. The molecule has 2 aromatic rings. The van der Waals surface area contributed by atoms with E-state index < -0.39 is 16.8 Å². The Morgan fingerprint density at radius 2 is 1.81 bits per heavy atom. The van der Waals surface area contributed by atoms with E-state index in [-0.39, 0.29) is 18.1 Å². The second kappa shape index (κ2) is 10.1. The normalized spacial score (nSPS) is 14.9. The van der Waals surface area contributed by atoms with Crippen molar-refractivity contribution in [2.75, 3.05) is 43.4 Å². The molecule has 0 aromatic heterocycles. The molecule has 0 aliphatic carbocycles. The quantitative estimate of drug-likeness (QED) is 0.580. The van der Waals surface area contributed by atoms with Crippen LogP contribution in [0.25, 0.3) is 0 Å². The van der Waals surface area contributed by atoms with Gasteiger partial charge in [0.1, 0.15) is 0 Å². The molecule has 1 saturated heterocycles. The van der Waals surface area contributed by atoms with Crippen LogP contribution in [0.1, 0.15) is 16.7 Å². The molecule has 1 heterocycles. The molecule has 3 rings (SSSR count). The highest BCUT2D eigenvalue weighted by atomic mass is 35.5. The van der Waals surface area contributed by atoms with Gasteiger partial charge in [-0.1, -0.05) is 23.7 Å². The number of alkyl halides is 3. The lowest BCUT2D eigenvalue weighted by Crippen LogP contribution is -3.15. The molecule has 32 heavy (non-hydrogen) atoms. The smallest absolute Gasteiger partial charge is 0.338 e. The first-order valence-corrected chi connectivity index (χ1v) is 10.9. The van der Waals surface area contributed by atoms with Crippen molar-refractivity contribution in [3.63, 3.8) is 0 Å². The average molecular weight is 486 g/mol. The minimum Gasteiger partial charge on any atom is -0.338 e. The predicted octanol–water partition coefficient (Wildman–Crippen LogP) is 3.51. The fourth-order valence-electron chi connectivity index (χ4n) is 3.52. The number of hydrogen-bond donors (Lipinski definition) is 3. The zero-order valence-corrected chi connectivity index (χ0v) is 19.3. The van der Waals surface area contributed by atoms with Gasteiger partial charge in [0, 0.05) is 11.4 Å². The van der Waals surface area contributed by atoms with Crippen molar-refractivity contribution in [1.82, 2.24) is 4.90 Å². The highest BCUT2D eigenvalue weighted by molar-refractivity contribution is 7.80. The molecule has 0 atom stereocenters. The maximum Gasteiger partial charge on any atom is 0.417 e. The molecular formula is C22H25ClF3N4OS+. The number of benzene rings is 2. The SMILES string of the molecule is Cc1ccc(C)c(NC(=S)N2CC[NH+](CC(=O)Nc3ccc(Cl)c(C(F)(F)F)c3)CC2)c1. The van der Waals surface area contributed by atoms with E-state index in [1.165, 1.54) is 6.07 Å². The van der Waals surface area contributed by atoms with E-state index in [1.807, 2.05) is 26.0 Å². The number of piperazine rings is 1. The summed E-state index contributed by atoms with van der Waals surface area (Å²) in [6.45, 7) is 6.94. The number of amides is 1. The molecule has 5 nitrogen and oxygen atoms in total. The summed E-state index contributed by atoms with van der Waals surface area (Å²) in [6.07, 6.45) is -4.58. The first-order chi connectivity index (χ1) is 15.0. The van der Waals surface area contributed by atoms with E-state index >= 15 is 0 Å². The van der Waals surface area contributed by atoms with Gasteiger partial charge in [-0.05, 0) is 61.5 Å². The highest BCUT2D eigenvalue weighted by Gasteiger charge is 2.33. The Bertz CT molecular complexity index is 1010. The Morgan fingerprint density at radius 1 is 1.12 bits per heavy atom. The van der Waals surface area contributed by atoms with Gasteiger partial charge in [0.15, 0.2) is 11.7 Å². The van der Waals surface area contributed by atoms with Crippen molar-refractivity contribution in [2.45, 2.75) is 20.0 Å². The standard InChI is InChI=1S/C22H24ClF3N4OS/c1-14-3-4-15(2)19(11-14)28-21(32)30-9-7-29(8-10-30)13-20(31)27-16-5-6-18(23)17(12-16)22(24,25)26/h3-6,11-12H,7-10,13H2,1-2H3,(H,27,31)(H,28,32)/p+1. The summed E-state index contributed by atoms with van der Waals surface area (Å²) in [5, 5.41) is 6.08. The molecule has 0 bridgehead atoms. The van der Waals surface area contributed by atoms with E-state index in [1.54, 1.807) is 0 Å². The maximum atomic E-state index is 13.0. The van der Waals surface area contributed by atoms with Gasteiger partial charge in [0.05, 0.1) is 36.8 Å². The van der Waals surface area contributed by atoms with Gasteiger partial charge in [-0.2, -0.15) is 13.2 Å². The largest absolute Gasteiger partial charge is 0.417 e. The average Bonchev–Trinajstić information content (AvgIpc) is 2.71. The molecule has 3 N–H and O–H groups in total. The van der Waals surface area contributed by atoms with Crippen molar-refractivity contribution >= 4 is 46.2 Å². The Morgan fingerprint density at radius 3 is 2.47 bits per heavy atom. The molecule has 0 saturated carbocycles. The van der Waals surface area contributed by atoms with Crippen LogP contribution >= 0.6 is 23.8 Å². The molecule has 0 spiro atoms. The molecular weight excluding hydrogens is 461 g/mol. The first-order valence-electron chi connectivity index (χ1n) is 10.2. The Labute approximate surface area is 195 Å². The lowest BCUT2D eigenvalue weighted by Gasteiger charge is -2.33. The van der Waals surface area contributed by atoms with Crippen LogP contribution in [0.5, 0.6) is 0 Å². The Balaban J connectivity index is 1.50. The van der Waals surface area contributed by atoms with E-state index in [0.29, 0.717) is 31.3 Å². The number of hydrogen-bond acceptors (Lipinski definition) is 2. The topological polar surface area (TPSA) is 48.8 Å². The van der Waals surface area contributed by atoms with Crippen molar-refractivity contribution in [3.05, 3.63) is 58.1 Å². The molecule has 0 unspecified atom stereocenters. The second-order valence-electron chi connectivity index (χ2n) is 7.90. The number of rotatable bonds is 4. The Hall–Kier alpha value is -2.36. The summed E-state index contributed by atoms with van der Waals surface area (Å²) in [6, 6.07) is 9.49. The summed E-state index contributed by atoms with van der Waals surface area (Å²) in [4.78, 5) is 15.5. The number of nitrogens with one attached hydrogen (secondary N) is 3. The highest BCUT2D eigenvalue weighted by Crippen LogP contribution is 2.36. The van der Waals surface area contributed by atoms with Gasteiger partial charge >= 0.3 is 6.18 Å². The minimum atomic E-state index is -4.58. The molecule has 1 amide bonds. The van der Waals surface area contributed by atoms with Gasteiger partial charge < -0.3 is 20.4 Å². The maximum absolute atomic E-state index is 13.0. The molecule has 1 fully saturated rings.